The number of likely N-dealkylation sites (N-methyl/N-ethyl adjacent to an activating group) is 1. The Morgan fingerprint density at radius 3 is 2.67 bits per heavy atom. The maximum absolute atomic E-state index is 3.19. The Hall–Kier alpha value is -0.800. The van der Waals surface area contributed by atoms with Gasteiger partial charge in [0.05, 0.1) is 0 Å². The van der Waals surface area contributed by atoms with E-state index in [1.165, 1.54) is 5.69 Å². The van der Waals surface area contributed by atoms with E-state index in [-0.39, 0.29) is 0 Å². The topological polar surface area (TPSA) is 20.2 Å². The van der Waals surface area contributed by atoms with Crippen molar-refractivity contribution in [2.45, 2.75) is 26.9 Å². The molecule has 1 rings (SSSR count). The predicted octanol–water partition coefficient (Wildman–Crippen LogP) is 1.55. The molecule has 0 amide bonds. The molecule has 0 aliphatic heterocycles. The minimum atomic E-state index is 0.950. The zero-order valence-corrected chi connectivity index (χ0v) is 10.2. The molecule has 3 heteroatoms. The van der Waals surface area contributed by atoms with Gasteiger partial charge in [-0.2, -0.15) is 0 Å². The molecule has 3 nitrogen and oxygen atoms in total. The largest absolute Gasteiger partial charge is 0.349 e. The number of nitrogens with zero attached hydrogens (tertiary/aromatic N) is 2. The summed E-state index contributed by atoms with van der Waals surface area (Å²) in [5.74, 6) is 0. The molecule has 0 bridgehead atoms. The molecule has 1 aromatic rings. The summed E-state index contributed by atoms with van der Waals surface area (Å²) in [5, 5.41) is 3.19. The summed E-state index contributed by atoms with van der Waals surface area (Å²) in [6.45, 7) is 9.88. The maximum atomic E-state index is 3.19. The molecule has 0 aromatic carbocycles. The molecule has 0 aliphatic carbocycles. The van der Waals surface area contributed by atoms with Gasteiger partial charge in [-0.3, -0.25) is 0 Å². The second-order valence-electron chi connectivity index (χ2n) is 3.75. The van der Waals surface area contributed by atoms with Crippen molar-refractivity contribution in [3.05, 3.63) is 24.0 Å². The van der Waals surface area contributed by atoms with Crippen molar-refractivity contribution in [1.29, 1.82) is 0 Å². The number of rotatable bonds is 7. The third-order valence-electron chi connectivity index (χ3n) is 2.83. The lowest BCUT2D eigenvalue weighted by molar-refractivity contribution is 0.289. The summed E-state index contributed by atoms with van der Waals surface area (Å²) < 4.78 is 2.33. The SMILES string of the molecule is CCN(CC)CCn1cccc1CNC. The Morgan fingerprint density at radius 2 is 2.07 bits per heavy atom. The molecule has 0 radical (unpaired) electrons. The van der Waals surface area contributed by atoms with Gasteiger partial charge in [0.25, 0.3) is 0 Å². The van der Waals surface area contributed by atoms with Crippen LogP contribution < -0.4 is 5.32 Å². The van der Waals surface area contributed by atoms with Crippen LogP contribution in [0, 0.1) is 0 Å². The fourth-order valence-electron chi connectivity index (χ4n) is 1.80. The first-order valence-electron chi connectivity index (χ1n) is 5.82. The summed E-state index contributed by atoms with van der Waals surface area (Å²) in [6, 6.07) is 4.30. The van der Waals surface area contributed by atoms with Crippen molar-refractivity contribution in [1.82, 2.24) is 14.8 Å². The predicted molar refractivity (Wildman–Crippen MR) is 65.0 cm³/mol. The van der Waals surface area contributed by atoms with Crippen LogP contribution >= 0.6 is 0 Å². The van der Waals surface area contributed by atoms with Gasteiger partial charge in [0.15, 0.2) is 0 Å². The standard InChI is InChI=1S/C12H23N3/c1-4-14(5-2)9-10-15-8-6-7-12(15)11-13-3/h6-8,13H,4-5,9-11H2,1-3H3. The van der Waals surface area contributed by atoms with Gasteiger partial charge in [0, 0.05) is 31.5 Å². The van der Waals surface area contributed by atoms with Crippen molar-refractivity contribution in [2.75, 3.05) is 26.7 Å². The van der Waals surface area contributed by atoms with E-state index in [0.717, 1.165) is 32.7 Å². The van der Waals surface area contributed by atoms with E-state index < -0.39 is 0 Å². The normalized spacial score (nSPS) is 11.2. The Kier molecular flexibility index (Phi) is 5.43. The first-order valence-corrected chi connectivity index (χ1v) is 5.82. The molecule has 1 N–H and O–H groups in total. The first-order chi connectivity index (χ1) is 7.31. The van der Waals surface area contributed by atoms with Crippen LogP contribution in [0.5, 0.6) is 0 Å². The molecule has 1 aromatic heterocycles. The van der Waals surface area contributed by atoms with Crippen LogP contribution in [0.15, 0.2) is 18.3 Å². The lowest BCUT2D eigenvalue weighted by Gasteiger charge is -2.19. The van der Waals surface area contributed by atoms with Gasteiger partial charge >= 0.3 is 0 Å². The molecular formula is C12H23N3. The average molecular weight is 209 g/mol. The van der Waals surface area contributed by atoms with E-state index in [1.54, 1.807) is 0 Å². The van der Waals surface area contributed by atoms with Crippen molar-refractivity contribution in [3.8, 4) is 0 Å². The van der Waals surface area contributed by atoms with E-state index >= 15 is 0 Å². The first kappa shape index (κ1) is 12.3. The zero-order valence-electron chi connectivity index (χ0n) is 10.2. The number of nitrogens with one attached hydrogen (secondary N) is 1. The Bertz CT molecular complexity index is 264. The van der Waals surface area contributed by atoms with Crippen molar-refractivity contribution in [2.24, 2.45) is 0 Å². The smallest absolute Gasteiger partial charge is 0.0356 e. The van der Waals surface area contributed by atoms with Crippen LogP contribution in [0.1, 0.15) is 19.5 Å². The van der Waals surface area contributed by atoms with Crippen molar-refractivity contribution in [3.63, 3.8) is 0 Å². The van der Waals surface area contributed by atoms with Gasteiger partial charge in [-0.25, -0.2) is 0 Å². The molecule has 0 unspecified atom stereocenters. The molecule has 1 heterocycles. The second-order valence-corrected chi connectivity index (χ2v) is 3.75. The fraction of sp³-hybridized carbons (Fsp3) is 0.667. The number of aromatic nitrogens is 1. The van der Waals surface area contributed by atoms with Crippen LogP contribution in [-0.4, -0.2) is 36.1 Å². The summed E-state index contributed by atoms with van der Waals surface area (Å²) in [5.41, 5.74) is 1.37. The lowest BCUT2D eigenvalue weighted by Crippen LogP contribution is -2.27. The quantitative estimate of drug-likeness (QED) is 0.735. The van der Waals surface area contributed by atoms with E-state index in [9.17, 15) is 0 Å². The second kappa shape index (κ2) is 6.64. The Morgan fingerprint density at radius 1 is 1.33 bits per heavy atom. The third-order valence-corrected chi connectivity index (χ3v) is 2.83. The summed E-state index contributed by atoms with van der Waals surface area (Å²) in [6.07, 6.45) is 2.16. The van der Waals surface area contributed by atoms with Crippen molar-refractivity contribution < 1.29 is 0 Å². The summed E-state index contributed by atoms with van der Waals surface area (Å²) in [4.78, 5) is 2.45. The van der Waals surface area contributed by atoms with Gasteiger partial charge in [-0.15, -0.1) is 0 Å². The van der Waals surface area contributed by atoms with Crippen LogP contribution in [0.25, 0.3) is 0 Å². The summed E-state index contributed by atoms with van der Waals surface area (Å²) in [7, 11) is 1.99. The van der Waals surface area contributed by atoms with E-state index in [1.807, 2.05) is 7.05 Å². The van der Waals surface area contributed by atoms with E-state index in [2.05, 4.69) is 47.0 Å². The highest BCUT2D eigenvalue weighted by molar-refractivity contribution is 5.06. The van der Waals surface area contributed by atoms with Crippen LogP contribution in [0.2, 0.25) is 0 Å². The monoisotopic (exact) mass is 209 g/mol. The van der Waals surface area contributed by atoms with E-state index in [4.69, 9.17) is 0 Å². The van der Waals surface area contributed by atoms with Gasteiger partial charge in [0.2, 0.25) is 0 Å². The highest BCUT2D eigenvalue weighted by atomic mass is 15.1. The fourth-order valence-corrected chi connectivity index (χ4v) is 1.80. The van der Waals surface area contributed by atoms with Gasteiger partial charge in [-0.05, 0) is 32.3 Å². The van der Waals surface area contributed by atoms with E-state index in [0.29, 0.717) is 0 Å². The molecule has 15 heavy (non-hydrogen) atoms. The van der Waals surface area contributed by atoms with Crippen LogP contribution in [0.3, 0.4) is 0 Å². The van der Waals surface area contributed by atoms with Gasteiger partial charge in [-0.1, -0.05) is 13.8 Å². The molecule has 0 saturated carbocycles. The molecule has 0 saturated heterocycles. The minimum absolute atomic E-state index is 0.950. The van der Waals surface area contributed by atoms with Crippen LogP contribution in [-0.2, 0) is 13.1 Å². The third kappa shape index (κ3) is 3.68. The molecule has 86 valence electrons. The Balaban J connectivity index is 2.45. The average Bonchev–Trinajstić information content (AvgIpc) is 2.68. The van der Waals surface area contributed by atoms with Gasteiger partial charge < -0.3 is 14.8 Å². The number of hydrogen-bond donors (Lipinski definition) is 1. The number of hydrogen-bond acceptors (Lipinski definition) is 2. The molecule has 0 atom stereocenters. The Labute approximate surface area is 93.1 Å². The molecule has 0 aliphatic rings. The highest BCUT2D eigenvalue weighted by Crippen LogP contribution is 2.02. The maximum Gasteiger partial charge on any atom is 0.0356 e. The van der Waals surface area contributed by atoms with Crippen molar-refractivity contribution >= 4 is 0 Å². The summed E-state index contributed by atoms with van der Waals surface area (Å²) >= 11 is 0. The highest BCUT2D eigenvalue weighted by Gasteiger charge is 2.02. The lowest BCUT2D eigenvalue weighted by atomic mass is 10.4. The minimum Gasteiger partial charge on any atom is -0.349 e. The van der Waals surface area contributed by atoms with Crippen LogP contribution in [0.4, 0.5) is 0 Å². The molecule has 0 fully saturated rings. The van der Waals surface area contributed by atoms with Gasteiger partial charge in [0.1, 0.15) is 0 Å². The zero-order chi connectivity index (χ0) is 11.1. The molecular weight excluding hydrogens is 186 g/mol. The molecule has 0 spiro atoms.